The first-order valence-electron chi connectivity index (χ1n) is 12.5. The number of hydrogen-bond acceptors (Lipinski definition) is 4. The van der Waals surface area contributed by atoms with Crippen molar-refractivity contribution in [2.75, 3.05) is 26.4 Å². The Kier molecular flexibility index (Phi) is 5.85. The maximum absolute atomic E-state index is 6.37. The molecule has 0 aromatic heterocycles. The molecule has 0 spiro atoms. The summed E-state index contributed by atoms with van der Waals surface area (Å²) >= 11 is 0. The summed E-state index contributed by atoms with van der Waals surface area (Å²) in [6, 6.07) is 17.2. The summed E-state index contributed by atoms with van der Waals surface area (Å²) < 4.78 is 23.5. The zero-order valence-corrected chi connectivity index (χ0v) is 20.4. The number of hydrogen-bond donors (Lipinski definition) is 0. The second kappa shape index (κ2) is 9.03. The normalized spacial score (nSPS) is 30.5. The van der Waals surface area contributed by atoms with Gasteiger partial charge in [0.2, 0.25) is 0 Å². The van der Waals surface area contributed by atoms with E-state index in [0.29, 0.717) is 13.2 Å². The van der Waals surface area contributed by atoms with Gasteiger partial charge in [0.05, 0.1) is 26.4 Å². The fraction of sp³-hybridized carbons (Fsp3) is 0.355. The molecule has 2 aromatic rings. The lowest BCUT2D eigenvalue weighted by Gasteiger charge is -2.25. The van der Waals surface area contributed by atoms with E-state index in [-0.39, 0.29) is 12.2 Å². The van der Waals surface area contributed by atoms with E-state index < -0.39 is 11.2 Å². The lowest BCUT2D eigenvalue weighted by atomic mass is 9.88. The lowest BCUT2D eigenvalue weighted by Crippen LogP contribution is -2.26. The van der Waals surface area contributed by atoms with E-state index >= 15 is 0 Å². The van der Waals surface area contributed by atoms with Gasteiger partial charge in [-0.3, -0.25) is 0 Å². The SMILES string of the molecule is CC1(OCC2CO2)C=Cc2ccccc2C(CC2=CC(C)(OCC3CO3)C=Cc3ccccc32)=C1. The fourth-order valence-electron chi connectivity index (χ4n) is 4.87. The van der Waals surface area contributed by atoms with E-state index in [1.807, 2.05) is 0 Å². The Morgan fingerprint density at radius 1 is 0.714 bits per heavy atom. The highest BCUT2D eigenvalue weighted by atomic mass is 16.6. The van der Waals surface area contributed by atoms with Gasteiger partial charge in [0.25, 0.3) is 0 Å². The Bertz CT molecular complexity index is 1130. The number of benzene rings is 2. The molecule has 0 saturated carbocycles. The zero-order chi connectivity index (χ0) is 23.9. The highest BCUT2D eigenvalue weighted by Crippen LogP contribution is 2.40. The Hall–Kier alpha value is -2.76. The van der Waals surface area contributed by atoms with Crippen LogP contribution in [0.25, 0.3) is 23.3 Å². The molecular weight excluding hydrogens is 436 g/mol. The van der Waals surface area contributed by atoms with Crippen LogP contribution in [0.4, 0.5) is 0 Å². The van der Waals surface area contributed by atoms with Crippen molar-refractivity contribution in [3.8, 4) is 0 Å². The first kappa shape index (κ1) is 22.7. The number of rotatable bonds is 8. The largest absolute Gasteiger partial charge is 0.371 e. The average molecular weight is 469 g/mol. The highest BCUT2D eigenvalue weighted by molar-refractivity contribution is 5.88. The third kappa shape index (κ3) is 5.26. The van der Waals surface area contributed by atoms with Crippen LogP contribution in [-0.4, -0.2) is 49.8 Å². The predicted octanol–water partition coefficient (Wildman–Crippen LogP) is 5.95. The molecule has 2 aliphatic carbocycles. The molecule has 4 nitrogen and oxygen atoms in total. The maximum Gasteiger partial charge on any atom is 0.104 e. The molecule has 0 amide bonds. The summed E-state index contributed by atoms with van der Waals surface area (Å²) in [5, 5.41) is 0. The summed E-state index contributed by atoms with van der Waals surface area (Å²) in [6.45, 7) is 7.06. The maximum atomic E-state index is 6.37. The second-order valence-electron chi connectivity index (χ2n) is 10.3. The first-order chi connectivity index (χ1) is 17.0. The summed E-state index contributed by atoms with van der Waals surface area (Å²) in [4.78, 5) is 0. The van der Waals surface area contributed by atoms with Crippen LogP contribution in [0.2, 0.25) is 0 Å². The van der Waals surface area contributed by atoms with Gasteiger partial charge in [-0.25, -0.2) is 0 Å². The molecule has 2 saturated heterocycles. The van der Waals surface area contributed by atoms with E-state index in [1.54, 1.807) is 0 Å². The van der Waals surface area contributed by atoms with Gasteiger partial charge in [-0.1, -0.05) is 60.7 Å². The number of fused-ring (bicyclic) bond motifs is 2. The lowest BCUT2D eigenvalue weighted by molar-refractivity contribution is 0.0319. The van der Waals surface area contributed by atoms with Gasteiger partial charge in [0.1, 0.15) is 23.4 Å². The molecule has 4 aliphatic rings. The van der Waals surface area contributed by atoms with Crippen LogP contribution in [0.3, 0.4) is 0 Å². The van der Waals surface area contributed by atoms with Crippen molar-refractivity contribution in [1.82, 2.24) is 0 Å². The number of epoxide rings is 2. The minimum atomic E-state index is -0.507. The van der Waals surface area contributed by atoms with Crippen molar-refractivity contribution in [3.63, 3.8) is 0 Å². The van der Waals surface area contributed by atoms with E-state index in [1.165, 1.54) is 33.4 Å². The van der Waals surface area contributed by atoms with E-state index in [9.17, 15) is 0 Å². The van der Waals surface area contributed by atoms with E-state index in [0.717, 1.165) is 19.6 Å². The van der Waals surface area contributed by atoms with Gasteiger partial charge < -0.3 is 18.9 Å². The summed E-state index contributed by atoms with van der Waals surface area (Å²) in [5.74, 6) is 0. The van der Waals surface area contributed by atoms with Crippen molar-refractivity contribution in [2.45, 2.75) is 43.7 Å². The van der Waals surface area contributed by atoms with Crippen molar-refractivity contribution >= 4 is 23.3 Å². The molecule has 2 heterocycles. The first-order valence-corrected chi connectivity index (χ1v) is 12.5. The Morgan fingerprint density at radius 2 is 1.14 bits per heavy atom. The molecule has 35 heavy (non-hydrogen) atoms. The third-order valence-electron chi connectivity index (χ3n) is 7.07. The molecule has 0 N–H and O–H groups in total. The van der Waals surface area contributed by atoms with Crippen LogP contribution in [0.15, 0.2) is 72.8 Å². The molecule has 2 aliphatic heterocycles. The van der Waals surface area contributed by atoms with Crippen molar-refractivity contribution < 1.29 is 18.9 Å². The average Bonchev–Trinajstić information content (AvgIpc) is 3.76. The second-order valence-corrected chi connectivity index (χ2v) is 10.3. The topological polar surface area (TPSA) is 43.5 Å². The smallest absolute Gasteiger partial charge is 0.104 e. The van der Waals surface area contributed by atoms with Crippen LogP contribution in [-0.2, 0) is 18.9 Å². The zero-order valence-electron chi connectivity index (χ0n) is 20.4. The molecule has 0 radical (unpaired) electrons. The molecular formula is C31H32O4. The van der Waals surface area contributed by atoms with Crippen LogP contribution in [0.1, 0.15) is 42.5 Å². The van der Waals surface area contributed by atoms with E-state index in [4.69, 9.17) is 18.9 Å². The molecule has 2 fully saturated rings. The quantitative estimate of drug-likeness (QED) is 0.450. The van der Waals surface area contributed by atoms with Gasteiger partial charge in [0.15, 0.2) is 0 Å². The van der Waals surface area contributed by atoms with Gasteiger partial charge in [0, 0.05) is 0 Å². The Labute approximate surface area is 207 Å². The molecule has 0 bridgehead atoms. The summed E-state index contributed by atoms with van der Waals surface area (Å²) in [5.41, 5.74) is 6.38. The molecule has 4 heteroatoms. The highest BCUT2D eigenvalue weighted by Gasteiger charge is 2.32. The molecule has 6 rings (SSSR count). The van der Waals surface area contributed by atoms with Crippen molar-refractivity contribution in [1.29, 1.82) is 0 Å². The fourth-order valence-corrected chi connectivity index (χ4v) is 4.87. The molecule has 4 unspecified atom stereocenters. The van der Waals surface area contributed by atoms with Crippen LogP contribution >= 0.6 is 0 Å². The van der Waals surface area contributed by atoms with Gasteiger partial charge in [-0.15, -0.1) is 0 Å². The Morgan fingerprint density at radius 3 is 1.57 bits per heavy atom. The van der Waals surface area contributed by atoms with Crippen molar-refractivity contribution in [3.05, 3.63) is 95.1 Å². The number of allylic oxidation sites excluding steroid dienone is 2. The van der Waals surface area contributed by atoms with Crippen LogP contribution in [0, 0.1) is 0 Å². The van der Waals surface area contributed by atoms with Crippen LogP contribution in [0.5, 0.6) is 0 Å². The summed E-state index contributed by atoms with van der Waals surface area (Å²) in [6.07, 6.45) is 14.5. The van der Waals surface area contributed by atoms with Gasteiger partial charge in [-0.2, -0.15) is 0 Å². The molecule has 4 atom stereocenters. The van der Waals surface area contributed by atoms with Crippen molar-refractivity contribution in [2.24, 2.45) is 0 Å². The minimum absolute atomic E-state index is 0.221. The Balaban J connectivity index is 1.39. The van der Waals surface area contributed by atoms with E-state index in [2.05, 4.69) is 98.8 Å². The third-order valence-corrected chi connectivity index (χ3v) is 7.07. The molecule has 180 valence electrons. The van der Waals surface area contributed by atoms with Gasteiger partial charge in [-0.05, 0) is 78.0 Å². The standard InChI is InChI=1S/C31H32O4/c1-30(34-20-26-18-32-26)13-11-22-7-3-5-9-28(22)24(16-30)15-25-17-31(2,35-21-27-19-33-27)14-12-23-8-4-6-10-29(23)25/h3-14,16-17,26-27H,15,18-21H2,1-2H3. The summed E-state index contributed by atoms with van der Waals surface area (Å²) in [7, 11) is 0. The minimum Gasteiger partial charge on any atom is -0.371 e. The predicted molar refractivity (Wildman–Crippen MR) is 140 cm³/mol. The molecule has 2 aromatic carbocycles. The van der Waals surface area contributed by atoms with Gasteiger partial charge >= 0.3 is 0 Å². The van der Waals surface area contributed by atoms with Crippen LogP contribution < -0.4 is 0 Å². The monoisotopic (exact) mass is 468 g/mol. The number of ether oxygens (including phenoxy) is 4.